The SMILES string of the molecule is O=c1c2cnc3ncnn3c2ccn1-c1ccc([N+](=O)[O-])cc1. The van der Waals surface area contributed by atoms with Crippen LogP contribution in [0.25, 0.3) is 22.4 Å². The van der Waals surface area contributed by atoms with Gasteiger partial charge in [-0.05, 0) is 18.2 Å². The molecule has 0 radical (unpaired) electrons. The second kappa shape index (κ2) is 4.70. The topological polar surface area (TPSA) is 108 Å². The summed E-state index contributed by atoms with van der Waals surface area (Å²) in [5, 5.41) is 15.1. The highest BCUT2D eigenvalue weighted by Crippen LogP contribution is 2.16. The van der Waals surface area contributed by atoms with E-state index in [4.69, 9.17) is 0 Å². The van der Waals surface area contributed by atoms with E-state index in [0.717, 1.165) is 0 Å². The first kappa shape index (κ1) is 13.1. The summed E-state index contributed by atoms with van der Waals surface area (Å²) < 4.78 is 2.88. The molecule has 0 aliphatic rings. The Morgan fingerprint density at radius 2 is 1.87 bits per heavy atom. The molecule has 0 saturated heterocycles. The van der Waals surface area contributed by atoms with Crippen LogP contribution in [0.15, 0.2) is 53.8 Å². The molecule has 112 valence electrons. The van der Waals surface area contributed by atoms with Crippen molar-refractivity contribution in [2.75, 3.05) is 0 Å². The van der Waals surface area contributed by atoms with Crippen molar-refractivity contribution in [1.82, 2.24) is 24.1 Å². The Hall–Kier alpha value is -3.62. The van der Waals surface area contributed by atoms with E-state index in [2.05, 4.69) is 15.1 Å². The van der Waals surface area contributed by atoms with Gasteiger partial charge in [-0.15, -0.1) is 0 Å². The molecule has 9 nitrogen and oxygen atoms in total. The maximum atomic E-state index is 12.6. The van der Waals surface area contributed by atoms with Gasteiger partial charge in [-0.1, -0.05) is 0 Å². The van der Waals surface area contributed by atoms with Crippen LogP contribution >= 0.6 is 0 Å². The summed E-state index contributed by atoms with van der Waals surface area (Å²) in [6, 6.07) is 7.47. The average molecular weight is 308 g/mol. The molecule has 0 atom stereocenters. The van der Waals surface area contributed by atoms with Gasteiger partial charge < -0.3 is 0 Å². The fraction of sp³-hybridized carbons (Fsp3) is 0. The summed E-state index contributed by atoms with van der Waals surface area (Å²) in [7, 11) is 0. The van der Waals surface area contributed by atoms with Crippen molar-refractivity contribution in [3.63, 3.8) is 0 Å². The summed E-state index contributed by atoms with van der Waals surface area (Å²) in [6.07, 6.45) is 4.40. The van der Waals surface area contributed by atoms with Gasteiger partial charge in [0.15, 0.2) is 0 Å². The second-order valence-corrected chi connectivity index (χ2v) is 4.79. The van der Waals surface area contributed by atoms with Gasteiger partial charge >= 0.3 is 0 Å². The predicted molar refractivity (Wildman–Crippen MR) is 80.5 cm³/mol. The Kier molecular flexibility index (Phi) is 2.67. The molecule has 0 N–H and O–H groups in total. The first-order valence-corrected chi connectivity index (χ1v) is 6.60. The van der Waals surface area contributed by atoms with Crippen molar-refractivity contribution in [3.05, 3.63) is 69.5 Å². The molecule has 0 amide bonds. The normalized spacial score (nSPS) is 11.1. The number of non-ortho nitro benzene ring substituents is 1. The van der Waals surface area contributed by atoms with E-state index < -0.39 is 4.92 Å². The molecule has 4 aromatic rings. The molecular weight excluding hydrogens is 300 g/mol. The van der Waals surface area contributed by atoms with Crippen LogP contribution < -0.4 is 5.56 Å². The number of pyridine rings is 1. The van der Waals surface area contributed by atoms with Gasteiger partial charge in [-0.2, -0.15) is 14.6 Å². The summed E-state index contributed by atoms with van der Waals surface area (Å²) in [6.45, 7) is 0. The number of nitro groups is 1. The lowest BCUT2D eigenvalue weighted by molar-refractivity contribution is -0.384. The van der Waals surface area contributed by atoms with E-state index in [-0.39, 0.29) is 11.2 Å². The van der Waals surface area contributed by atoms with Crippen LogP contribution in [0, 0.1) is 10.1 Å². The Balaban J connectivity index is 1.94. The van der Waals surface area contributed by atoms with Crippen LogP contribution in [-0.2, 0) is 0 Å². The summed E-state index contributed by atoms with van der Waals surface area (Å²) in [5.41, 5.74) is 0.798. The molecule has 23 heavy (non-hydrogen) atoms. The molecule has 4 rings (SSSR count). The van der Waals surface area contributed by atoms with Crippen molar-refractivity contribution in [2.45, 2.75) is 0 Å². The lowest BCUT2D eigenvalue weighted by Crippen LogP contribution is -2.18. The molecule has 1 aromatic carbocycles. The largest absolute Gasteiger partial charge is 0.284 e. The molecule has 0 aliphatic heterocycles. The van der Waals surface area contributed by atoms with E-state index >= 15 is 0 Å². The molecule has 0 saturated carbocycles. The zero-order valence-electron chi connectivity index (χ0n) is 11.5. The minimum absolute atomic E-state index is 0.0337. The van der Waals surface area contributed by atoms with Crippen molar-refractivity contribution < 1.29 is 4.92 Å². The Morgan fingerprint density at radius 3 is 2.61 bits per heavy atom. The minimum Gasteiger partial charge on any atom is -0.284 e. The fourth-order valence-electron chi connectivity index (χ4n) is 2.40. The van der Waals surface area contributed by atoms with Crippen molar-refractivity contribution in [2.24, 2.45) is 0 Å². The lowest BCUT2D eigenvalue weighted by atomic mass is 10.2. The van der Waals surface area contributed by atoms with Gasteiger partial charge in [-0.3, -0.25) is 19.5 Å². The molecule has 9 heteroatoms. The van der Waals surface area contributed by atoms with Crippen LogP contribution in [0.1, 0.15) is 0 Å². The van der Waals surface area contributed by atoms with Crippen molar-refractivity contribution >= 4 is 22.4 Å². The molecule has 0 bridgehead atoms. The van der Waals surface area contributed by atoms with E-state index in [1.165, 1.54) is 45.9 Å². The average Bonchev–Trinajstić information content (AvgIpc) is 3.04. The van der Waals surface area contributed by atoms with Gasteiger partial charge in [0.2, 0.25) is 0 Å². The van der Waals surface area contributed by atoms with Gasteiger partial charge in [0.1, 0.15) is 6.33 Å². The summed E-state index contributed by atoms with van der Waals surface area (Å²) >= 11 is 0. The number of hydrogen-bond donors (Lipinski definition) is 0. The number of aromatic nitrogens is 5. The quantitative estimate of drug-likeness (QED) is 0.408. The molecule has 0 fully saturated rings. The van der Waals surface area contributed by atoms with Crippen LogP contribution in [0.3, 0.4) is 0 Å². The molecule has 0 unspecified atom stereocenters. The van der Waals surface area contributed by atoms with Gasteiger partial charge in [0, 0.05) is 30.2 Å². The fourth-order valence-corrected chi connectivity index (χ4v) is 2.40. The number of nitro benzene ring substituents is 1. The van der Waals surface area contributed by atoms with E-state index in [1.807, 2.05) is 0 Å². The Morgan fingerprint density at radius 1 is 1.09 bits per heavy atom. The zero-order chi connectivity index (χ0) is 16.0. The first-order chi connectivity index (χ1) is 11.1. The minimum atomic E-state index is -0.488. The highest BCUT2D eigenvalue weighted by molar-refractivity contribution is 5.78. The predicted octanol–water partition coefficient (Wildman–Crippen LogP) is 1.34. The summed E-state index contributed by atoms with van der Waals surface area (Å²) in [4.78, 5) is 30.9. The van der Waals surface area contributed by atoms with E-state index in [0.29, 0.717) is 22.4 Å². The summed E-state index contributed by atoms with van der Waals surface area (Å²) in [5.74, 6) is 0.407. The molecule has 3 aromatic heterocycles. The van der Waals surface area contributed by atoms with Crippen LogP contribution in [0.2, 0.25) is 0 Å². The van der Waals surface area contributed by atoms with Gasteiger partial charge in [0.05, 0.1) is 15.8 Å². The van der Waals surface area contributed by atoms with E-state index in [9.17, 15) is 14.9 Å². The van der Waals surface area contributed by atoms with Crippen LogP contribution in [0.4, 0.5) is 5.69 Å². The van der Waals surface area contributed by atoms with E-state index in [1.54, 1.807) is 12.3 Å². The number of rotatable bonds is 2. The number of nitrogens with zero attached hydrogens (tertiary/aromatic N) is 6. The monoisotopic (exact) mass is 308 g/mol. The second-order valence-electron chi connectivity index (χ2n) is 4.79. The van der Waals surface area contributed by atoms with Gasteiger partial charge in [0.25, 0.3) is 17.0 Å². The van der Waals surface area contributed by atoms with Crippen LogP contribution in [-0.4, -0.2) is 29.1 Å². The van der Waals surface area contributed by atoms with Gasteiger partial charge in [-0.25, -0.2) is 4.98 Å². The first-order valence-electron chi connectivity index (χ1n) is 6.60. The number of fused-ring (bicyclic) bond motifs is 3. The third-order valence-corrected chi connectivity index (χ3v) is 3.51. The Labute approximate surface area is 127 Å². The molecule has 0 spiro atoms. The third kappa shape index (κ3) is 1.94. The highest BCUT2D eigenvalue weighted by Gasteiger charge is 2.10. The molecular formula is C14H8N6O3. The maximum absolute atomic E-state index is 12.6. The number of hydrogen-bond acceptors (Lipinski definition) is 6. The van der Waals surface area contributed by atoms with Crippen LogP contribution in [0.5, 0.6) is 0 Å². The lowest BCUT2D eigenvalue weighted by Gasteiger charge is -2.07. The van der Waals surface area contributed by atoms with Crippen molar-refractivity contribution in [1.29, 1.82) is 0 Å². The highest BCUT2D eigenvalue weighted by atomic mass is 16.6. The molecule has 0 aliphatic carbocycles. The van der Waals surface area contributed by atoms with Crippen molar-refractivity contribution in [3.8, 4) is 5.69 Å². The smallest absolute Gasteiger partial charge is 0.269 e. The third-order valence-electron chi connectivity index (χ3n) is 3.51. The Bertz CT molecular complexity index is 1110. The molecule has 3 heterocycles. The maximum Gasteiger partial charge on any atom is 0.269 e. The number of benzene rings is 1. The zero-order valence-corrected chi connectivity index (χ0v) is 11.5. The standard InChI is InChI=1S/C14H8N6O3/c21-13-11-7-15-14-16-8-17-19(14)12(11)5-6-18(13)9-1-3-10(4-2-9)20(22)23/h1-8H.